The van der Waals surface area contributed by atoms with Crippen molar-refractivity contribution in [3.05, 3.63) is 0 Å². The Kier molecular flexibility index (Phi) is 1.69. The Morgan fingerprint density at radius 2 is 1.70 bits per heavy atom. The van der Waals surface area contributed by atoms with E-state index in [0.29, 0.717) is 6.04 Å². The van der Waals surface area contributed by atoms with Gasteiger partial charge in [0.25, 0.3) is 0 Å². The first-order valence-electron chi connectivity index (χ1n) is 4.63. The minimum Gasteiger partial charge on any atom is -0.327 e. The molecule has 2 saturated carbocycles. The van der Waals surface area contributed by atoms with Crippen molar-refractivity contribution in [3.63, 3.8) is 0 Å². The van der Waals surface area contributed by atoms with Crippen molar-refractivity contribution in [3.8, 4) is 0 Å². The van der Waals surface area contributed by atoms with Gasteiger partial charge in [0.2, 0.25) is 0 Å². The highest BCUT2D eigenvalue weighted by molar-refractivity contribution is 4.89. The third kappa shape index (κ3) is 0.968. The van der Waals surface area contributed by atoms with Crippen molar-refractivity contribution in [1.29, 1.82) is 0 Å². The standard InChI is InChI=1S/C9H17N/c10-9-6-5-7-3-1-2-4-8(7)9/h7-9H,1-6,10H2/t7?,8?,9-/m0/s1. The van der Waals surface area contributed by atoms with Gasteiger partial charge in [-0.2, -0.15) is 0 Å². The number of hydrogen-bond donors (Lipinski definition) is 1. The predicted molar refractivity (Wildman–Crippen MR) is 42.7 cm³/mol. The molecule has 10 heavy (non-hydrogen) atoms. The van der Waals surface area contributed by atoms with E-state index in [0.717, 1.165) is 11.8 Å². The van der Waals surface area contributed by atoms with Crippen LogP contribution in [-0.2, 0) is 0 Å². The Morgan fingerprint density at radius 1 is 0.900 bits per heavy atom. The van der Waals surface area contributed by atoms with E-state index in [9.17, 15) is 0 Å². The summed E-state index contributed by atoms with van der Waals surface area (Å²) in [6.07, 6.45) is 8.52. The van der Waals surface area contributed by atoms with Gasteiger partial charge in [0.15, 0.2) is 0 Å². The van der Waals surface area contributed by atoms with E-state index >= 15 is 0 Å². The molecular weight excluding hydrogens is 122 g/mol. The van der Waals surface area contributed by atoms with E-state index in [1.54, 1.807) is 0 Å². The van der Waals surface area contributed by atoms with Gasteiger partial charge in [-0.1, -0.05) is 19.3 Å². The van der Waals surface area contributed by atoms with Crippen LogP contribution in [0, 0.1) is 11.8 Å². The third-order valence-corrected chi connectivity index (χ3v) is 3.39. The summed E-state index contributed by atoms with van der Waals surface area (Å²) in [5.41, 5.74) is 5.99. The molecule has 58 valence electrons. The summed E-state index contributed by atoms with van der Waals surface area (Å²) in [6, 6.07) is 0.560. The molecule has 0 aromatic rings. The maximum atomic E-state index is 5.99. The molecule has 0 aliphatic heterocycles. The topological polar surface area (TPSA) is 26.0 Å². The van der Waals surface area contributed by atoms with Crippen molar-refractivity contribution in [2.45, 2.75) is 44.6 Å². The SMILES string of the molecule is N[C@H]1CCC2CCCCC21. The lowest BCUT2D eigenvalue weighted by Crippen LogP contribution is -2.29. The molecule has 0 spiro atoms. The Morgan fingerprint density at radius 3 is 2.50 bits per heavy atom. The lowest BCUT2D eigenvalue weighted by molar-refractivity contribution is 0.260. The second-order valence-corrected chi connectivity index (χ2v) is 3.95. The van der Waals surface area contributed by atoms with Crippen molar-refractivity contribution in [1.82, 2.24) is 0 Å². The smallest absolute Gasteiger partial charge is 0.00699 e. The minimum absolute atomic E-state index is 0.560. The zero-order valence-electron chi connectivity index (χ0n) is 6.55. The zero-order valence-corrected chi connectivity index (χ0v) is 6.55. The van der Waals surface area contributed by atoms with Crippen LogP contribution in [0.4, 0.5) is 0 Å². The summed E-state index contributed by atoms with van der Waals surface area (Å²) in [7, 11) is 0. The molecule has 0 aromatic heterocycles. The molecule has 2 rings (SSSR count). The van der Waals surface area contributed by atoms with Crippen LogP contribution in [0.1, 0.15) is 38.5 Å². The van der Waals surface area contributed by atoms with Gasteiger partial charge in [-0.25, -0.2) is 0 Å². The van der Waals surface area contributed by atoms with Crippen LogP contribution < -0.4 is 5.73 Å². The second kappa shape index (κ2) is 2.54. The van der Waals surface area contributed by atoms with Gasteiger partial charge in [-0.15, -0.1) is 0 Å². The molecule has 2 aliphatic carbocycles. The molecule has 1 heteroatoms. The quantitative estimate of drug-likeness (QED) is 0.545. The Labute approximate surface area is 63.0 Å². The molecule has 0 bridgehead atoms. The molecule has 0 heterocycles. The van der Waals surface area contributed by atoms with Gasteiger partial charge in [-0.05, 0) is 31.1 Å². The minimum atomic E-state index is 0.560. The van der Waals surface area contributed by atoms with Gasteiger partial charge in [0.1, 0.15) is 0 Å². The van der Waals surface area contributed by atoms with Gasteiger partial charge < -0.3 is 5.73 Å². The van der Waals surface area contributed by atoms with Gasteiger partial charge in [-0.3, -0.25) is 0 Å². The molecule has 0 amide bonds. The van der Waals surface area contributed by atoms with Gasteiger partial charge in [0, 0.05) is 6.04 Å². The van der Waals surface area contributed by atoms with E-state index < -0.39 is 0 Å². The van der Waals surface area contributed by atoms with E-state index in [2.05, 4.69) is 0 Å². The molecule has 0 aromatic carbocycles. The van der Waals surface area contributed by atoms with Gasteiger partial charge >= 0.3 is 0 Å². The summed E-state index contributed by atoms with van der Waals surface area (Å²) < 4.78 is 0. The third-order valence-electron chi connectivity index (χ3n) is 3.39. The Balaban J connectivity index is 2.01. The van der Waals surface area contributed by atoms with Crippen LogP contribution in [0.5, 0.6) is 0 Å². The molecule has 0 saturated heterocycles. The van der Waals surface area contributed by atoms with E-state index in [1.807, 2.05) is 0 Å². The van der Waals surface area contributed by atoms with Gasteiger partial charge in [0.05, 0.1) is 0 Å². The maximum absolute atomic E-state index is 5.99. The lowest BCUT2D eigenvalue weighted by Gasteiger charge is -2.27. The highest BCUT2D eigenvalue weighted by Gasteiger charge is 2.34. The summed E-state index contributed by atoms with van der Waals surface area (Å²) in [5.74, 6) is 1.93. The maximum Gasteiger partial charge on any atom is 0.00699 e. The zero-order chi connectivity index (χ0) is 6.97. The number of hydrogen-bond acceptors (Lipinski definition) is 1. The highest BCUT2D eigenvalue weighted by Crippen LogP contribution is 2.41. The Hall–Kier alpha value is -0.0400. The monoisotopic (exact) mass is 139 g/mol. The van der Waals surface area contributed by atoms with Crippen LogP contribution in [0.3, 0.4) is 0 Å². The molecule has 1 nitrogen and oxygen atoms in total. The first-order valence-corrected chi connectivity index (χ1v) is 4.63. The first kappa shape index (κ1) is 6.66. The fraction of sp³-hybridized carbons (Fsp3) is 1.00. The first-order chi connectivity index (χ1) is 4.88. The van der Waals surface area contributed by atoms with Crippen molar-refractivity contribution >= 4 is 0 Å². The highest BCUT2D eigenvalue weighted by atomic mass is 14.7. The van der Waals surface area contributed by atoms with Crippen LogP contribution in [0.25, 0.3) is 0 Å². The second-order valence-electron chi connectivity index (χ2n) is 3.95. The number of rotatable bonds is 0. The molecule has 2 unspecified atom stereocenters. The average Bonchev–Trinajstić information content (AvgIpc) is 2.34. The van der Waals surface area contributed by atoms with E-state index in [1.165, 1.54) is 38.5 Å². The van der Waals surface area contributed by atoms with E-state index in [4.69, 9.17) is 5.73 Å². The van der Waals surface area contributed by atoms with Crippen LogP contribution in [0.15, 0.2) is 0 Å². The fourth-order valence-corrected chi connectivity index (χ4v) is 2.78. The van der Waals surface area contributed by atoms with Crippen molar-refractivity contribution in [2.24, 2.45) is 17.6 Å². The summed E-state index contributed by atoms with van der Waals surface area (Å²) >= 11 is 0. The number of nitrogens with two attached hydrogens (primary N) is 1. The van der Waals surface area contributed by atoms with E-state index in [-0.39, 0.29) is 0 Å². The largest absolute Gasteiger partial charge is 0.327 e. The van der Waals surface area contributed by atoms with Crippen LogP contribution >= 0.6 is 0 Å². The molecule has 2 N–H and O–H groups in total. The molecule has 2 aliphatic rings. The molecular formula is C9H17N. The van der Waals surface area contributed by atoms with Crippen LogP contribution in [0.2, 0.25) is 0 Å². The summed E-state index contributed by atoms with van der Waals surface area (Å²) in [5, 5.41) is 0. The van der Waals surface area contributed by atoms with Crippen molar-refractivity contribution in [2.75, 3.05) is 0 Å². The summed E-state index contributed by atoms with van der Waals surface area (Å²) in [4.78, 5) is 0. The number of fused-ring (bicyclic) bond motifs is 1. The average molecular weight is 139 g/mol. The van der Waals surface area contributed by atoms with Crippen molar-refractivity contribution < 1.29 is 0 Å². The Bertz CT molecular complexity index is 120. The molecule has 2 fully saturated rings. The normalized spacial score (nSPS) is 47.1. The summed E-state index contributed by atoms with van der Waals surface area (Å²) in [6.45, 7) is 0. The molecule has 3 atom stereocenters. The van der Waals surface area contributed by atoms with Crippen LogP contribution in [-0.4, -0.2) is 6.04 Å². The predicted octanol–water partition coefficient (Wildman–Crippen LogP) is 1.91. The fourth-order valence-electron chi connectivity index (χ4n) is 2.78. The lowest BCUT2D eigenvalue weighted by atomic mass is 9.80. The molecule has 0 radical (unpaired) electrons.